The van der Waals surface area contributed by atoms with E-state index in [-0.39, 0.29) is 11.4 Å². The van der Waals surface area contributed by atoms with Crippen molar-refractivity contribution in [1.82, 2.24) is 0 Å². The minimum atomic E-state index is -3.02. The number of benzene rings is 1. The van der Waals surface area contributed by atoms with Crippen molar-refractivity contribution in [3.8, 4) is 17.9 Å². The molecule has 0 saturated carbocycles. The Labute approximate surface area is 150 Å². The summed E-state index contributed by atoms with van der Waals surface area (Å²) >= 11 is 0. The third kappa shape index (κ3) is 4.28. The molecule has 1 N–H and O–H groups in total. The summed E-state index contributed by atoms with van der Waals surface area (Å²) < 4.78 is 41.5. The first-order valence-electron chi connectivity index (χ1n) is 7.67. The molecule has 0 radical (unpaired) electrons. The molecular weight excluding hydrogens is 345 g/mol. The Balaban J connectivity index is 2.37. The maximum Gasteiger partial charge on any atom is 0.495 e. The molecule has 26 heavy (non-hydrogen) atoms. The number of rotatable bonds is 5. The number of hydrazone groups is 1. The van der Waals surface area contributed by atoms with Crippen molar-refractivity contribution in [1.29, 1.82) is 10.5 Å². The van der Waals surface area contributed by atoms with Crippen LogP contribution in [0.5, 0.6) is 5.75 Å². The Morgan fingerprint density at radius 1 is 1.15 bits per heavy atom. The van der Waals surface area contributed by atoms with Crippen LogP contribution >= 0.6 is 0 Å². The van der Waals surface area contributed by atoms with Crippen LogP contribution in [0.2, 0.25) is 0 Å². The third-order valence-corrected chi connectivity index (χ3v) is 4.19. The average Bonchev–Trinajstić information content (AvgIpc) is 2.75. The molecule has 0 aliphatic carbocycles. The van der Waals surface area contributed by atoms with Gasteiger partial charge in [-0.2, -0.15) is 24.4 Å². The lowest BCUT2D eigenvalue weighted by Crippen LogP contribution is -2.41. The SMILES string of the molecule is CC1(C)OB(c2cc(NN=C(C#N)C#N)cc(OC(F)F)c2)OC1(C)C. The normalized spacial score (nSPS) is 17.3. The lowest BCUT2D eigenvalue weighted by atomic mass is 9.79. The highest BCUT2D eigenvalue weighted by Crippen LogP contribution is 2.37. The van der Waals surface area contributed by atoms with Crippen LogP contribution in [0.15, 0.2) is 23.3 Å². The van der Waals surface area contributed by atoms with Gasteiger partial charge in [0.2, 0.25) is 5.71 Å². The minimum absolute atomic E-state index is 0.139. The molecule has 1 fully saturated rings. The van der Waals surface area contributed by atoms with Gasteiger partial charge in [0.15, 0.2) is 0 Å². The molecule has 10 heteroatoms. The summed E-state index contributed by atoms with van der Waals surface area (Å²) in [5.41, 5.74) is 1.49. The van der Waals surface area contributed by atoms with Crippen LogP contribution in [0.25, 0.3) is 0 Å². The fourth-order valence-electron chi connectivity index (χ4n) is 2.17. The average molecular weight is 362 g/mol. The lowest BCUT2D eigenvalue weighted by Gasteiger charge is -2.32. The van der Waals surface area contributed by atoms with E-state index in [1.807, 2.05) is 27.7 Å². The van der Waals surface area contributed by atoms with Crippen LogP contribution < -0.4 is 15.6 Å². The van der Waals surface area contributed by atoms with Crippen LogP contribution in [-0.4, -0.2) is 30.6 Å². The monoisotopic (exact) mass is 362 g/mol. The zero-order valence-corrected chi connectivity index (χ0v) is 14.7. The summed E-state index contributed by atoms with van der Waals surface area (Å²) in [4.78, 5) is 0. The first kappa shape index (κ1) is 19.6. The van der Waals surface area contributed by atoms with Gasteiger partial charge >= 0.3 is 13.7 Å². The van der Waals surface area contributed by atoms with Crippen molar-refractivity contribution >= 4 is 24.0 Å². The highest BCUT2D eigenvalue weighted by atomic mass is 19.3. The molecule has 0 atom stereocenters. The van der Waals surface area contributed by atoms with Gasteiger partial charge in [-0.25, -0.2) is 0 Å². The second-order valence-corrected chi connectivity index (χ2v) is 6.55. The highest BCUT2D eigenvalue weighted by molar-refractivity contribution is 6.62. The Kier molecular flexibility index (Phi) is 5.50. The van der Waals surface area contributed by atoms with Crippen molar-refractivity contribution in [2.75, 3.05) is 5.43 Å². The number of hydrogen-bond acceptors (Lipinski definition) is 7. The predicted molar refractivity (Wildman–Crippen MR) is 91.1 cm³/mol. The minimum Gasteiger partial charge on any atom is -0.435 e. The van der Waals surface area contributed by atoms with Crippen LogP contribution in [-0.2, 0) is 9.31 Å². The topological polar surface area (TPSA) is 99.7 Å². The second-order valence-electron chi connectivity index (χ2n) is 6.55. The van der Waals surface area contributed by atoms with E-state index in [0.717, 1.165) is 0 Å². The molecule has 1 heterocycles. The number of halogens is 2. The standard InChI is InChI=1S/C16H17BF2N4O3/c1-15(2)16(3,4)26-17(25-15)10-5-11(22-23-12(8-20)9-21)7-13(6-10)24-14(18)19/h5-7,14,22H,1-4H3. The summed E-state index contributed by atoms with van der Waals surface area (Å²) in [5.74, 6) is -0.139. The van der Waals surface area contributed by atoms with Gasteiger partial charge in [-0.05, 0) is 45.3 Å². The summed E-state index contributed by atoms with van der Waals surface area (Å²) in [6, 6.07) is 7.36. The zero-order valence-electron chi connectivity index (χ0n) is 14.7. The van der Waals surface area contributed by atoms with Crippen molar-refractivity contribution in [2.24, 2.45) is 5.10 Å². The summed E-state index contributed by atoms with van der Waals surface area (Å²) in [5, 5.41) is 21.0. The second kappa shape index (κ2) is 7.28. The molecule has 1 aliphatic heterocycles. The number of nitriles is 2. The number of nitrogens with zero attached hydrogens (tertiary/aromatic N) is 3. The fourth-order valence-corrected chi connectivity index (χ4v) is 2.17. The molecule has 1 aromatic carbocycles. The Hall–Kier alpha value is -2.69. The van der Waals surface area contributed by atoms with Crippen LogP contribution in [0, 0.1) is 22.7 Å². The molecule has 2 rings (SSSR count). The summed E-state index contributed by atoms with van der Waals surface area (Å²) in [7, 11) is -0.808. The molecule has 0 amide bonds. The fraction of sp³-hybridized carbons (Fsp3) is 0.438. The molecule has 0 aromatic heterocycles. The van der Waals surface area contributed by atoms with E-state index in [9.17, 15) is 8.78 Å². The Morgan fingerprint density at radius 2 is 1.73 bits per heavy atom. The number of nitrogens with one attached hydrogen (secondary N) is 1. The van der Waals surface area contributed by atoms with Gasteiger partial charge in [-0.3, -0.25) is 5.43 Å². The van der Waals surface area contributed by atoms with Gasteiger partial charge in [0.05, 0.1) is 16.9 Å². The molecular formula is C16H17BF2N4O3. The lowest BCUT2D eigenvalue weighted by molar-refractivity contribution is -0.0497. The predicted octanol–water partition coefficient (Wildman–Crippen LogP) is 2.40. The van der Waals surface area contributed by atoms with Crippen molar-refractivity contribution in [3.05, 3.63) is 18.2 Å². The van der Waals surface area contributed by atoms with Gasteiger partial charge in [-0.15, -0.1) is 0 Å². The smallest absolute Gasteiger partial charge is 0.435 e. The first-order chi connectivity index (χ1) is 12.1. The molecule has 0 unspecified atom stereocenters. The van der Waals surface area contributed by atoms with Crippen molar-refractivity contribution < 1.29 is 22.8 Å². The van der Waals surface area contributed by atoms with Crippen molar-refractivity contribution in [3.63, 3.8) is 0 Å². The van der Waals surface area contributed by atoms with Gasteiger partial charge in [0, 0.05) is 6.07 Å². The Bertz CT molecular complexity index is 768. The van der Waals surface area contributed by atoms with E-state index in [0.29, 0.717) is 5.46 Å². The highest BCUT2D eigenvalue weighted by Gasteiger charge is 2.51. The van der Waals surface area contributed by atoms with E-state index in [1.54, 1.807) is 18.2 Å². The van der Waals surface area contributed by atoms with Gasteiger partial charge < -0.3 is 14.0 Å². The quantitative estimate of drug-likeness (QED) is 0.491. The van der Waals surface area contributed by atoms with Gasteiger partial charge in [0.25, 0.3) is 0 Å². The summed E-state index contributed by atoms with van der Waals surface area (Å²) in [6.45, 7) is 4.43. The van der Waals surface area contributed by atoms with E-state index in [1.165, 1.54) is 12.1 Å². The largest absolute Gasteiger partial charge is 0.495 e. The molecule has 0 bridgehead atoms. The molecule has 7 nitrogen and oxygen atoms in total. The number of anilines is 1. The maximum atomic E-state index is 12.6. The van der Waals surface area contributed by atoms with Gasteiger partial charge in [0.1, 0.15) is 17.9 Å². The number of alkyl halides is 2. The van der Waals surface area contributed by atoms with Crippen LogP contribution in [0.1, 0.15) is 27.7 Å². The van der Waals surface area contributed by atoms with E-state index < -0.39 is 30.6 Å². The molecule has 0 spiro atoms. The van der Waals surface area contributed by atoms with Gasteiger partial charge in [-0.1, -0.05) is 0 Å². The Morgan fingerprint density at radius 3 is 2.23 bits per heavy atom. The first-order valence-corrected chi connectivity index (χ1v) is 7.67. The third-order valence-electron chi connectivity index (χ3n) is 4.19. The van der Waals surface area contributed by atoms with E-state index in [2.05, 4.69) is 15.3 Å². The summed E-state index contributed by atoms with van der Waals surface area (Å²) in [6.07, 6.45) is 0. The maximum absolute atomic E-state index is 12.6. The van der Waals surface area contributed by atoms with E-state index in [4.69, 9.17) is 19.8 Å². The zero-order chi connectivity index (χ0) is 19.5. The molecule has 1 saturated heterocycles. The molecule has 1 aliphatic rings. The van der Waals surface area contributed by atoms with Crippen LogP contribution in [0.3, 0.4) is 0 Å². The number of ether oxygens (including phenoxy) is 1. The molecule has 136 valence electrons. The number of hydrogen-bond donors (Lipinski definition) is 1. The van der Waals surface area contributed by atoms with Crippen LogP contribution in [0.4, 0.5) is 14.5 Å². The molecule has 1 aromatic rings. The van der Waals surface area contributed by atoms with E-state index >= 15 is 0 Å². The van der Waals surface area contributed by atoms with Crippen molar-refractivity contribution in [2.45, 2.75) is 45.5 Å².